The lowest BCUT2D eigenvalue weighted by molar-refractivity contribution is -0.318. The highest BCUT2D eigenvalue weighted by atomic mass is 16.8. The number of aliphatic hydroxyl groups excluding tert-OH is 8. The summed E-state index contributed by atoms with van der Waals surface area (Å²) in [4.78, 5) is 39.5. The van der Waals surface area contributed by atoms with Gasteiger partial charge in [-0.2, -0.15) is 0 Å². The number of ether oxygens (including phenoxy) is 9. The molecule has 23 nitrogen and oxygen atoms in total. The summed E-state index contributed by atoms with van der Waals surface area (Å²) < 4.78 is 53.1. The van der Waals surface area contributed by atoms with Gasteiger partial charge < -0.3 is 99.4 Å². The average Bonchev–Trinajstić information content (AvgIpc) is 3.69. The van der Waals surface area contributed by atoms with Crippen LogP contribution in [0.2, 0.25) is 0 Å². The summed E-state index contributed by atoms with van der Waals surface area (Å²) in [5.74, 6) is -0.717. The minimum Gasteiger partial charge on any atom is -0.445 e. The van der Waals surface area contributed by atoms with E-state index in [0.717, 1.165) is 0 Å². The number of hydrogen-bond acceptors (Lipinski definition) is 20. The molecule has 3 aromatic rings. The zero-order chi connectivity index (χ0) is 51.5. The van der Waals surface area contributed by atoms with E-state index in [1.807, 2.05) is 0 Å². The van der Waals surface area contributed by atoms with Gasteiger partial charge in [0.1, 0.15) is 92.9 Å². The van der Waals surface area contributed by atoms with E-state index in [0.29, 0.717) is 16.7 Å². The first-order valence-electron chi connectivity index (χ1n) is 23.8. The monoisotopic (exact) mass is 1020 g/mol. The van der Waals surface area contributed by atoms with Crippen LogP contribution in [0, 0.1) is 5.92 Å². The van der Waals surface area contributed by atoms with Crippen LogP contribution in [0.1, 0.15) is 43.4 Å². The minimum absolute atomic E-state index is 0.00227. The molecule has 19 atom stereocenters. The Bertz CT molecular complexity index is 2150. The fraction of sp³-hybridized carbons (Fsp3) is 0.571. The molecule has 72 heavy (non-hydrogen) atoms. The molecular weight excluding hydrogens is 951 g/mol. The van der Waals surface area contributed by atoms with E-state index >= 15 is 0 Å². The molecule has 4 aliphatic rings. The SMILES string of the molecule is CCC1OC(OC2C(CO)OC(OC3C(O)C(NC(=O)OCc4ccccc4)CC(C)C3OC3OC(CO)C(O)C(O)C3NC(=O)OCc3ccccc3)C2O)C(NC(=O)OCc2ccccc2)C(O)C1O. The van der Waals surface area contributed by atoms with Crippen molar-refractivity contribution in [1.82, 2.24) is 16.0 Å². The molecule has 3 saturated heterocycles. The van der Waals surface area contributed by atoms with Gasteiger partial charge in [-0.25, -0.2) is 14.4 Å². The molecule has 1 saturated carbocycles. The summed E-state index contributed by atoms with van der Waals surface area (Å²) in [5.41, 5.74) is 2.00. The Morgan fingerprint density at radius 3 is 1.36 bits per heavy atom. The van der Waals surface area contributed by atoms with Crippen molar-refractivity contribution >= 4 is 18.3 Å². The first kappa shape index (κ1) is 54.7. The molecule has 396 valence electrons. The van der Waals surface area contributed by atoms with E-state index in [1.54, 1.807) is 105 Å². The lowest BCUT2D eigenvalue weighted by atomic mass is 9.80. The Kier molecular flexibility index (Phi) is 19.5. The second kappa shape index (κ2) is 25.7. The predicted octanol–water partition coefficient (Wildman–Crippen LogP) is -0.198. The van der Waals surface area contributed by atoms with Crippen LogP contribution in [0.5, 0.6) is 0 Å². The van der Waals surface area contributed by atoms with Crippen molar-refractivity contribution in [1.29, 1.82) is 0 Å². The molecule has 0 radical (unpaired) electrons. The van der Waals surface area contributed by atoms with Crippen molar-refractivity contribution < 1.29 is 97.9 Å². The third kappa shape index (κ3) is 13.5. The highest BCUT2D eigenvalue weighted by Crippen LogP contribution is 2.37. The third-order valence-corrected chi connectivity index (χ3v) is 13.1. The number of hydrogen-bond donors (Lipinski definition) is 11. The highest BCUT2D eigenvalue weighted by Gasteiger charge is 2.56. The van der Waals surface area contributed by atoms with E-state index in [2.05, 4.69) is 16.0 Å². The topological polar surface area (TPSA) is 332 Å². The van der Waals surface area contributed by atoms with Crippen LogP contribution in [0.4, 0.5) is 14.4 Å². The molecule has 3 heterocycles. The zero-order valence-electron chi connectivity index (χ0n) is 39.6. The number of amides is 3. The van der Waals surface area contributed by atoms with Crippen LogP contribution in [0.25, 0.3) is 0 Å². The largest absolute Gasteiger partial charge is 0.445 e. The smallest absolute Gasteiger partial charge is 0.407 e. The Morgan fingerprint density at radius 2 is 0.903 bits per heavy atom. The van der Waals surface area contributed by atoms with Gasteiger partial charge >= 0.3 is 18.3 Å². The first-order chi connectivity index (χ1) is 34.7. The molecule has 3 aliphatic heterocycles. The number of benzene rings is 3. The van der Waals surface area contributed by atoms with Gasteiger partial charge in [-0.1, -0.05) is 105 Å². The average molecular weight is 1020 g/mol. The first-order valence-corrected chi connectivity index (χ1v) is 23.8. The normalized spacial score (nSPS) is 35.7. The Balaban J connectivity index is 1.11. The van der Waals surface area contributed by atoms with Gasteiger partial charge in [0.2, 0.25) is 0 Å². The van der Waals surface area contributed by atoms with Crippen LogP contribution in [-0.4, -0.2) is 183 Å². The van der Waals surface area contributed by atoms with E-state index in [-0.39, 0.29) is 32.7 Å². The molecule has 0 spiro atoms. The van der Waals surface area contributed by atoms with Crippen LogP contribution in [-0.2, 0) is 62.5 Å². The van der Waals surface area contributed by atoms with Crippen molar-refractivity contribution in [3.63, 3.8) is 0 Å². The van der Waals surface area contributed by atoms with Crippen molar-refractivity contribution in [3.05, 3.63) is 108 Å². The Labute approximate surface area is 414 Å². The van der Waals surface area contributed by atoms with Gasteiger partial charge in [-0.15, -0.1) is 0 Å². The molecule has 0 aromatic heterocycles. The maximum atomic E-state index is 13.2. The summed E-state index contributed by atoms with van der Waals surface area (Å²) in [6.07, 6.45) is -26.3. The van der Waals surface area contributed by atoms with Crippen LogP contribution in [0.15, 0.2) is 91.0 Å². The molecule has 3 aromatic carbocycles. The summed E-state index contributed by atoms with van der Waals surface area (Å²) in [6, 6.07) is 22.2. The van der Waals surface area contributed by atoms with Gasteiger partial charge in [-0.05, 0) is 35.4 Å². The number of rotatable bonds is 18. The Hall–Kier alpha value is -5.09. The second-order valence-electron chi connectivity index (χ2n) is 18.1. The fourth-order valence-corrected chi connectivity index (χ4v) is 9.14. The summed E-state index contributed by atoms with van der Waals surface area (Å²) in [5, 5.41) is 96.8. The quantitative estimate of drug-likeness (QED) is 0.0735. The van der Waals surface area contributed by atoms with E-state index in [1.165, 1.54) is 0 Å². The van der Waals surface area contributed by atoms with Gasteiger partial charge in [0, 0.05) is 0 Å². The maximum Gasteiger partial charge on any atom is 0.407 e. The van der Waals surface area contributed by atoms with Gasteiger partial charge in [0.05, 0.1) is 31.5 Å². The van der Waals surface area contributed by atoms with Crippen LogP contribution >= 0.6 is 0 Å². The van der Waals surface area contributed by atoms with Crippen LogP contribution < -0.4 is 16.0 Å². The molecule has 0 bridgehead atoms. The molecule has 23 heteroatoms. The molecule has 19 unspecified atom stereocenters. The van der Waals surface area contributed by atoms with Crippen molar-refractivity contribution in [2.24, 2.45) is 5.92 Å². The van der Waals surface area contributed by atoms with Crippen LogP contribution in [0.3, 0.4) is 0 Å². The lowest BCUT2D eigenvalue weighted by Crippen LogP contribution is -2.67. The van der Waals surface area contributed by atoms with E-state index < -0.39 is 148 Å². The second-order valence-corrected chi connectivity index (χ2v) is 18.1. The maximum absolute atomic E-state index is 13.2. The molecule has 1 aliphatic carbocycles. The van der Waals surface area contributed by atoms with Crippen molar-refractivity contribution in [3.8, 4) is 0 Å². The molecule has 4 fully saturated rings. The number of alkyl carbamates (subject to hydrolysis) is 3. The van der Waals surface area contributed by atoms with E-state index in [4.69, 9.17) is 42.6 Å². The predicted molar refractivity (Wildman–Crippen MR) is 246 cm³/mol. The molecule has 3 amide bonds. The fourth-order valence-electron chi connectivity index (χ4n) is 9.14. The van der Waals surface area contributed by atoms with Crippen molar-refractivity contribution in [2.75, 3.05) is 13.2 Å². The standard InChI is InChI=1S/C49H65N3O20/c1-3-30-36(56)38(58)33(51-48(62)65-23-27-15-9-5-10-16-27)44(67-30)71-42-32(21-54)69-46(40(42)60)72-43-35(55)29(50-47(61)64-22-26-13-7-4-8-14-26)19-25(2)41(43)70-45-34(39(59)37(57)31(20-53)68-45)52-49(63)66-24-28-17-11-6-12-18-28/h4-18,25,29-46,53-60H,3,19-24H2,1-2H3,(H,50,61)(H,51,62)(H,52,63). The van der Waals surface area contributed by atoms with Gasteiger partial charge in [0.25, 0.3) is 0 Å². The molecular formula is C49H65N3O20. The number of nitrogens with one attached hydrogen (secondary N) is 3. The highest BCUT2D eigenvalue weighted by molar-refractivity contribution is 5.68. The lowest BCUT2D eigenvalue weighted by Gasteiger charge is -2.48. The number of aliphatic hydroxyl groups is 8. The third-order valence-electron chi connectivity index (χ3n) is 13.1. The van der Waals surface area contributed by atoms with Gasteiger partial charge in [0.15, 0.2) is 18.9 Å². The summed E-state index contributed by atoms with van der Waals surface area (Å²) >= 11 is 0. The summed E-state index contributed by atoms with van der Waals surface area (Å²) in [7, 11) is 0. The Morgan fingerprint density at radius 1 is 0.500 bits per heavy atom. The number of carbonyl (C=O) groups excluding carboxylic acids is 3. The number of carbonyl (C=O) groups is 3. The molecule has 7 rings (SSSR count). The van der Waals surface area contributed by atoms with Crippen molar-refractivity contribution in [2.45, 2.75) is 157 Å². The summed E-state index contributed by atoms with van der Waals surface area (Å²) in [6.45, 7) is 1.36. The van der Waals surface area contributed by atoms with E-state index in [9.17, 15) is 55.2 Å². The van der Waals surface area contributed by atoms with Gasteiger partial charge in [-0.3, -0.25) is 0 Å². The minimum atomic E-state index is -1.83. The molecule has 11 N–H and O–H groups in total. The zero-order valence-corrected chi connectivity index (χ0v) is 39.6.